The Morgan fingerprint density at radius 3 is 2.58 bits per heavy atom. The van der Waals surface area contributed by atoms with E-state index in [0.29, 0.717) is 11.8 Å². The molecular formula is C15H31N3O. The monoisotopic (exact) mass is 269 g/mol. The maximum Gasteiger partial charge on any atom is 0.237 e. The van der Waals surface area contributed by atoms with Crippen LogP contribution in [0.25, 0.3) is 0 Å². The van der Waals surface area contributed by atoms with Crippen molar-refractivity contribution in [1.29, 1.82) is 0 Å². The van der Waals surface area contributed by atoms with Crippen molar-refractivity contribution in [1.82, 2.24) is 4.90 Å². The highest BCUT2D eigenvalue weighted by Crippen LogP contribution is 2.29. The van der Waals surface area contributed by atoms with Gasteiger partial charge in [-0.05, 0) is 70.5 Å². The molecule has 0 saturated carbocycles. The molecule has 1 aliphatic rings. The van der Waals surface area contributed by atoms with Crippen molar-refractivity contribution in [2.75, 3.05) is 19.6 Å². The zero-order valence-electron chi connectivity index (χ0n) is 12.9. The Balaban J connectivity index is 2.21. The number of amides is 1. The van der Waals surface area contributed by atoms with Gasteiger partial charge in [0.05, 0.1) is 5.54 Å². The Morgan fingerprint density at radius 2 is 1.95 bits per heavy atom. The molecule has 0 bridgehead atoms. The first-order valence-electron chi connectivity index (χ1n) is 7.54. The van der Waals surface area contributed by atoms with Gasteiger partial charge >= 0.3 is 0 Å². The summed E-state index contributed by atoms with van der Waals surface area (Å²) in [6.45, 7) is 9.98. The molecule has 0 aliphatic carbocycles. The van der Waals surface area contributed by atoms with Crippen LogP contribution in [-0.2, 0) is 4.79 Å². The first-order chi connectivity index (χ1) is 8.73. The lowest BCUT2D eigenvalue weighted by molar-refractivity contribution is -0.122. The van der Waals surface area contributed by atoms with Crippen LogP contribution in [0.15, 0.2) is 0 Å². The molecule has 1 amide bonds. The summed E-state index contributed by atoms with van der Waals surface area (Å²) < 4.78 is 0. The van der Waals surface area contributed by atoms with E-state index in [1.807, 2.05) is 0 Å². The SMILES string of the molecule is CC1(C)CCCN(CCCCC(C)(N)C(N)=O)CC1. The van der Waals surface area contributed by atoms with E-state index in [4.69, 9.17) is 11.5 Å². The topological polar surface area (TPSA) is 72.3 Å². The minimum Gasteiger partial charge on any atom is -0.368 e. The number of unbranched alkanes of at least 4 members (excludes halogenated alkanes) is 1. The molecular weight excluding hydrogens is 238 g/mol. The van der Waals surface area contributed by atoms with Crippen LogP contribution in [0.2, 0.25) is 0 Å². The fourth-order valence-corrected chi connectivity index (χ4v) is 2.65. The van der Waals surface area contributed by atoms with Crippen molar-refractivity contribution in [3.8, 4) is 0 Å². The summed E-state index contributed by atoms with van der Waals surface area (Å²) in [6.07, 6.45) is 6.65. The smallest absolute Gasteiger partial charge is 0.237 e. The van der Waals surface area contributed by atoms with Crippen LogP contribution in [0, 0.1) is 5.41 Å². The third-order valence-electron chi connectivity index (χ3n) is 4.42. The molecule has 4 N–H and O–H groups in total. The lowest BCUT2D eigenvalue weighted by atomic mass is 9.85. The van der Waals surface area contributed by atoms with Gasteiger partial charge in [0.25, 0.3) is 0 Å². The van der Waals surface area contributed by atoms with Crippen LogP contribution in [0.5, 0.6) is 0 Å². The number of nitrogens with zero attached hydrogens (tertiary/aromatic N) is 1. The van der Waals surface area contributed by atoms with Gasteiger partial charge < -0.3 is 16.4 Å². The van der Waals surface area contributed by atoms with Gasteiger partial charge in [-0.25, -0.2) is 0 Å². The highest BCUT2D eigenvalue weighted by Gasteiger charge is 2.25. The molecule has 1 rings (SSSR count). The number of hydrogen-bond acceptors (Lipinski definition) is 3. The molecule has 112 valence electrons. The molecule has 1 heterocycles. The number of primary amides is 1. The molecule has 1 aliphatic heterocycles. The first kappa shape index (κ1) is 16.4. The second-order valence-corrected chi connectivity index (χ2v) is 7.10. The van der Waals surface area contributed by atoms with E-state index in [1.165, 1.54) is 32.4 Å². The highest BCUT2D eigenvalue weighted by atomic mass is 16.1. The fourth-order valence-electron chi connectivity index (χ4n) is 2.65. The van der Waals surface area contributed by atoms with E-state index < -0.39 is 11.4 Å². The van der Waals surface area contributed by atoms with Crippen LogP contribution in [0.3, 0.4) is 0 Å². The van der Waals surface area contributed by atoms with Crippen LogP contribution in [0.1, 0.15) is 59.3 Å². The molecule has 0 aromatic carbocycles. The zero-order chi connectivity index (χ0) is 14.5. The van der Waals surface area contributed by atoms with E-state index in [0.717, 1.165) is 19.4 Å². The molecule has 0 aromatic heterocycles. The zero-order valence-corrected chi connectivity index (χ0v) is 12.9. The second-order valence-electron chi connectivity index (χ2n) is 7.10. The third kappa shape index (κ3) is 5.91. The molecule has 4 heteroatoms. The number of rotatable bonds is 6. The average Bonchev–Trinajstić information content (AvgIpc) is 2.46. The molecule has 1 atom stereocenters. The van der Waals surface area contributed by atoms with Gasteiger partial charge in [-0.3, -0.25) is 4.79 Å². The molecule has 0 radical (unpaired) electrons. The maximum absolute atomic E-state index is 11.1. The third-order valence-corrected chi connectivity index (χ3v) is 4.42. The van der Waals surface area contributed by atoms with Gasteiger partial charge in [0.1, 0.15) is 0 Å². The molecule has 0 spiro atoms. The number of carbonyl (C=O) groups excluding carboxylic acids is 1. The number of likely N-dealkylation sites (tertiary alicyclic amines) is 1. The molecule has 1 saturated heterocycles. The summed E-state index contributed by atoms with van der Waals surface area (Å²) in [5.41, 5.74) is 10.8. The summed E-state index contributed by atoms with van der Waals surface area (Å²) in [7, 11) is 0. The standard InChI is InChI=1S/C15H31N3O/c1-14(2)7-6-11-18(12-9-14)10-5-4-8-15(3,17)13(16)19/h4-12,17H2,1-3H3,(H2,16,19). The van der Waals surface area contributed by atoms with Crippen molar-refractivity contribution in [2.45, 2.75) is 64.8 Å². The van der Waals surface area contributed by atoms with Crippen molar-refractivity contribution in [3.05, 3.63) is 0 Å². The van der Waals surface area contributed by atoms with Crippen LogP contribution in [0.4, 0.5) is 0 Å². The summed E-state index contributed by atoms with van der Waals surface area (Å²) in [5.74, 6) is -0.399. The second kappa shape index (κ2) is 6.71. The summed E-state index contributed by atoms with van der Waals surface area (Å²) >= 11 is 0. The van der Waals surface area contributed by atoms with Crippen molar-refractivity contribution < 1.29 is 4.79 Å². The van der Waals surface area contributed by atoms with Gasteiger partial charge in [-0.2, -0.15) is 0 Å². The Hall–Kier alpha value is -0.610. The molecule has 0 aromatic rings. The minimum atomic E-state index is -0.846. The molecule has 1 fully saturated rings. The average molecular weight is 269 g/mol. The Labute approximate surface area is 117 Å². The maximum atomic E-state index is 11.1. The molecule has 1 unspecified atom stereocenters. The van der Waals surface area contributed by atoms with Crippen LogP contribution in [-0.4, -0.2) is 36.0 Å². The Bertz CT molecular complexity index is 300. The van der Waals surface area contributed by atoms with Gasteiger partial charge in [0, 0.05) is 0 Å². The van der Waals surface area contributed by atoms with Crippen LogP contribution >= 0.6 is 0 Å². The van der Waals surface area contributed by atoms with Gasteiger partial charge in [-0.15, -0.1) is 0 Å². The van der Waals surface area contributed by atoms with Gasteiger partial charge in [-0.1, -0.05) is 13.8 Å². The summed E-state index contributed by atoms with van der Waals surface area (Å²) in [4.78, 5) is 13.7. The number of carbonyl (C=O) groups is 1. The van der Waals surface area contributed by atoms with E-state index in [2.05, 4.69) is 18.7 Å². The van der Waals surface area contributed by atoms with Gasteiger partial charge in [0.15, 0.2) is 0 Å². The number of nitrogens with two attached hydrogens (primary N) is 2. The normalized spacial score (nSPS) is 23.6. The number of hydrogen-bond donors (Lipinski definition) is 2. The van der Waals surface area contributed by atoms with Crippen molar-refractivity contribution in [3.63, 3.8) is 0 Å². The predicted octanol–water partition coefficient (Wildman–Crippen LogP) is 1.87. The lowest BCUT2D eigenvalue weighted by Gasteiger charge is -2.24. The molecule has 4 nitrogen and oxygen atoms in total. The Kier molecular flexibility index (Phi) is 5.81. The van der Waals surface area contributed by atoms with Gasteiger partial charge in [0.2, 0.25) is 5.91 Å². The van der Waals surface area contributed by atoms with E-state index in [1.54, 1.807) is 6.92 Å². The van der Waals surface area contributed by atoms with E-state index in [9.17, 15) is 4.79 Å². The highest BCUT2D eigenvalue weighted by molar-refractivity contribution is 5.83. The summed E-state index contributed by atoms with van der Waals surface area (Å²) in [5, 5.41) is 0. The van der Waals surface area contributed by atoms with Crippen molar-refractivity contribution >= 4 is 5.91 Å². The fraction of sp³-hybridized carbons (Fsp3) is 0.933. The quantitative estimate of drug-likeness (QED) is 0.723. The lowest BCUT2D eigenvalue weighted by Crippen LogP contribution is -2.49. The summed E-state index contributed by atoms with van der Waals surface area (Å²) in [6, 6.07) is 0. The van der Waals surface area contributed by atoms with E-state index >= 15 is 0 Å². The minimum absolute atomic E-state index is 0.399. The van der Waals surface area contributed by atoms with Crippen molar-refractivity contribution in [2.24, 2.45) is 16.9 Å². The van der Waals surface area contributed by atoms with E-state index in [-0.39, 0.29) is 0 Å². The largest absolute Gasteiger partial charge is 0.368 e. The molecule has 19 heavy (non-hydrogen) atoms. The Morgan fingerprint density at radius 1 is 1.26 bits per heavy atom. The van der Waals surface area contributed by atoms with Crippen LogP contribution < -0.4 is 11.5 Å². The first-order valence-corrected chi connectivity index (χ1v) is 7.54. The predicted molar refractivity (Wildman–Crippen MR) is 79.7 cm³/mol.